The molecule has 0 spiro atoms. The van der Waals surface area contributed by atoms with Gasteiger partial charge in [0.1, 0.15) is 18.5 Å². The molecule has 0 aliphatic carbocycles. The van der Waals surface area contributed by atoms with Crippen molar-refractivity contribution in [2.24, 2.45) is 0 Å². The van der Waals surface area contributed by atoms with Crippen molar-refractivity contribution in [1.82, 2.24) is 15.3 Å². The number of carbonyl (C=O) groups excluding carboxylic acids is 2. The van der Waals surface area contributed by atoms with Gasteiger partial charge in [-0.2, -0.15) is 0 Å². The first-order chi connectivity index (χ1) is 17.6. The van der Waals surface area contributed by atoms with Gasteiger partial charge in [0.25, 0.3) is 5.91 Å². The average Bonchev–Trinajstić information content (AvgIpc) is 3.42. The number of amides is 1. The zero-order chi connectivity index (χ0) is 24.9. The third kappa shape index (κ3) is 5.36. The van der Waals surface area contributed by atoms with Crippen LogP contribution >= 0.6 is 11.3 Å². The van der Waals surface area contributed by atoms with Crippen LogP contribution in [0.3, 0.4) is 0 Å². The van der Waals surface area contributed by atoms with Crippen molar-refractivity contribution in [3.8, 4) is 22.1 Å². The Labute approximate surface area is 212 Å². The molecule has 2 N–H and O–H groups in total. The van der Waals surface area contributed by atoms with Gasteiger partial charge in [-0.25, -0.2) is 4.98 Å². The maximum atomic E-state index is 13.2. The standard InChI is InChI=1S/C27H24N4O4S/c1-17(32)24-10-11-25(36-24)21-9-8-20(26(31-21)29-14-18-5-4-12-28-13-18)27(33)30-15-19-16-34-22-6-2-3-7-23(22)35-19/h2-13,19H,14-16H2,1H3,(H,29,31)(H,30,33). The fraction of sp³-hybridized carbons (Fsp3) is 0.185. The molecule has 4 heterocycles. The minimum absolute atomic E-state index is 0.00806. The minimum Gasteiger partial charge on any atom is -0.486 e. The van der Waals surface area contributed by atoms with Crippen LogP contribution in [0.15, 0.2) is 73.1 Å². The highest BCUT2D eigenvalue weighted by atomic mass is 32.1. The van der Waals surface area contributed by atoms with Gasteiger partial charge in [0.2, 0.25) is 0 Å². The van der Waals surface area contributed by atoms with E-state index in [2.05, 4.69) is 15.6 Å². The van der Waals surface area contributed by atoms with E-state index in [4.69, 9.17) is 14.5 Å². The highest BCUT2D eigenvalue weighted by Gasteiger charge is 2.22. The van der Waals surface area contributed by atoms with Crippen LogP contribution in [0.25, 0.3) is 10.6 Å². The van der Waals surface area contributed by atoms with Gasteiger partial charge in [0.15, 0.2) is 17.3 Å². The van der Waals surface area contributed by atoms with Crippen molar-refractivity contribution >= 4 is 28.8 Å². The number of pyridine rings is 2. The normalized spacial score (nSPS) is 14.2. The van der Waals surface area contributed by atoms with Gasteiger partial charge in [-0.3, -0.25) is 14.6 Å². The van der Waals surface area contributed by atoms with Crippen molar-refractivity contribution < 1.29 is 19.1 Å². The molecule has 1 unspecified atom stereocenters. The van der Waals surface area contributed by atoms with E-state index in [9.17, 15) is 9.59 Å². The average molecular weight is 501 g/mol. The number of nitrogens with zero attached hydrogens (tertiary/aromatic N) is 2. The van der Waals surface area contributed by atoms with Crippen LogP contribution in [-0.4, -0.2) is 40.9 Å². The first kappa shape index (κ1) is 23.5. The molecule has 1 aromatic carbocycles. The van der Waals surface area contributed by atoms with E-state index in [1.54, 1.807) is 30.6 Å². The number of para-hydroxylation sites is 2. The predicted molar refractivity (Wildman–Crippen MR) is 138 cm³/mol. The fourth-order valence-electron chi connectivity index (χ4n) is 3.73. The van der Waals surface area contributed by atoms with Gasteiger partial charge < -0.3 is 20.1 Å². The molecule has 3 aromatic heterocycles. The summed E-state index contributed by atoms with van der Waals surface area (Å²) in [4.78, 5) is 35.3. The summed E-state index contributed by atoms with van der Waals surface area (Å²) in [6.45, 7) is 2.61. The number of nitrogens with one attached hydrogen (secondary N) is 2. The Kier molecular flexibility index (Phi) is 6.90. The zero-order valence-corrected chi connectivity index (χ0v) is 20.4. The van der Waals surface area contributed by atoms with Crippen molar-refractivity contribution in [2.45, 2.75) is 19.6 Å². The third-order valence-electron chi connectivity index (χ3n) is 5.59. The number of fused-ring (bicyclic) bond motifs is 1. The van der Waals surface area contributed by atoms with Crippen LogP contribution in [0, 0.1) is 0 Å². The monoisotopic (exact) mass is 500 g/mol. The number of ether oxygens (including phenoxy) is 2. The smallest absolute Gasteiger partial charge is 0.255 e. The van der Waals surface area contributed by atoms with E-state index >= 15 is 0 Å². The quantitative estimate of drug-likeness (QED) is 0.341. The molecule has 8 nitrogen and oxygen atoms in total. The van der Waals surface area contributed by atoms with E-state index in [0.717, 1.165) is 10.4 Å². The largest absolute Gasteiger partial charge is 0.486 e. The molecule has 0 bridgehead atoms. The molecular formula is C27H24N4O4S. The van der Waals surface area contributed by atoms with Crippen molar-refractivity contribution in [1.29, 1.82) is 0 Å². The van der Waals surface area contributed by atoms with Gasteiger partial charge in [0, 0.05) is 18.9 Å². The molecular weight excluding hydrogens is 476 g/mol. The molecule has 1 amide bonds. The van der Waals surface area contributed by atoms with Crippen molar-refractivity contribution in [3.63, 3.8) is 0 Å². The molecule has 0 fully saturated rings. The number of Topliss-reactive ketones (excluding diaryl/α,β-unsaturated/α-hetero) is 1. The molecule has 182 valence electrons. The van der Waals surface area contributed by atoms with Crippen molar-refractivity contribution in [3.05, 3.63) is 89.1 Å². The lowest BCUT2D eigenvalue weighted by Gasteiger charge is -2.26. The Bertz CT molecular complexity index is 1390. The summed E-state index contributed by atoms with van der Waals surface area (Å²) >= 11 is 1.37. The summed E-state index contributed by atoms with van der Waals surface area (Å²) in [5, 5.41) is 6.21. The van der Waals surface area contributed by atoms with Gasteiger partial charge in [-0.1, -0.05) is 18.2 Å². The molecule has 4 aromatic rings. The number of aromatic nitrogens is 2. The number of hydrogen-bond donors (Lipinski definition) is 2. The van der Waals surface area contributed by atoms with E-state index in [1.807, 2.05) is 42.5 Å². The SMILES string of the molecule is CC(=O)c1ccc(-c2ccc(C(=O)NCC3COc4ccccc4O3)c(NCc3cccnc3)n2)s1. The molecule has 0 saturated heterocycles. The summed E-state index contributed by atoms with van der Waals surface area (Å²) < 4.78 is 11.7. The summed E-state index contributed by atoms with van der Waals surface area (Å²) in [6.07, 6.45) is 3.16. The van der Waals surface area contributed by atoms with Crippen molar-refractivity contribution in [2.75, 3.05) is 18.5 Å². The highest BCUT2D eigenvalue weighted by Crippen LogP contribution is 2.31. The predicted octanol–water partition coefficient (Wildman–Crippen LogP) is 4.59. The van der Waals surface area contributed by atoms with Crippen LogP contribution < -0.4 is 20.1 Å². The van der Waals surface area contributed by atoms with Gasteiger partial charge in [0.05, 0.1) is 27.6 Å². The van der Waals surface area contributed by atoms with Gasteiger partial charge >= 0.3 is 0 Å². The molecule has 0 saturated carbocycles. The summed E-state index contributed by atoms with van der Waals surface area (Å²) in [5.41, 5.74) is 2.04. The Hall–Kier alpha value is -4.24. The fourth-order valence-corrected chi connectivity index (χ4v) is 4.60. The number of thiophene rings is 1. The molecule has 9 heteroatoms. The third-order valence-corrected chi connectivity index (χ3v) is 6.79. The summed E-state index contributed by atoms with van der Waals surface area (Å²) in [7, 11) is 0. The lowest BCUT2D eigenvalue weighted by molar-refractivity contribution is 0.0789. The highest BCUT2D eigenvalue weighted by molar-refractivity contribution is 7.17. The summed E-state index contributed by atoms with van der Waals surface area (Å²) in [6, 6.07) is 18.4. The maximum Gasteiger partial charge on any atom is 0.255 e. The van der Waals surface area contributed by atoms with Gasteiger partial charge in [-0.05, 0) is 55.0 Å². The van der Waals surface area contributed by atoms with Crippen LogP contribution in [0.2, 0.25) is 0 Å². The number of rotatable bonds is 8. The zero-order valence-electron chi connectivity index (χ0n) is 19.6. The maximum absolute atomic E-state index is 13.2. The number of ketones is 1. The van der Waals surface area contributed by atoms with E-state index in [0.29, 0.717) is 46.6 Å². The second kappa shape index (κ2) is 10.6. The molecule has 1 atom stereocenters. The molecule has 0 radical (unpaired) electrons. The Morgan fingerprint density at radius 1 is 1.06 bits per heavy atom. The Morgan fingerprint density at radius 3 is 2.69 bits per heavy atom. The lowest BCUT2D eigenvalue weighted by Crippen LogP contribution is -2.40. The summed E-state index contributed by atoms with van der Waals surface area (Å²) in [5.74, 6) is 1.53. The van der Waals surface area contributed by atoms with Crippen LogP contribution in [-0.2, 0) is 6.54 Å². The number of carbonyl (C=O) groups is 2. The van der Waals surface area contributed by atoms with Crippen LogP contribution in [0.4, 0.5) is 5.82 Å². The Morgan fingerprint density at radius 2 is 1.92 bits per heavy atom. The number of anilines is 1. The molecule has 1 aliphatic heterocycles. The first-order valence-corrected chi connectivity index (χ1v) is 12.3. The van der Waals surface area contributed by atoms with E-state index < -0.39 is 0 Å². The second-order valence-corrected chi connectivity index (χ2v) is 9.32. The van der Waals surface area contributed by atoms with E-state index in [1.165, 1.54) is 18.3 Å². The Balaban J connectivity index is 1.34. The minimum atomic E-state index is -0.306. The number of benzene rings is 1. The van der Waals surface area contributed by atoms with E-state index in [-0.39, 0.29) is 24.3 Å². The second-order valence-electron chi connectivity index (χ2n) is 8.24. The molecule has 36 heavy (non-hydrogen) atoms. The number of hydrogen-bond acceptors (Lipinski definition) is 8. The van der Waals surface area contributed by atoms with Crippen LogP contribution in [0.1, 0.15) is 32.5 Å². The van der Waals surface area contributed by atoms with Gasteiger partial charge in [-0.15, -0.1) is 11.3 Å². The molecule has 5 rings (SSSR count). The molecule has 1 aliphatic rings. The lowest BCUT2D eigenvalue weighted by atomic mass is 10.2. The topological polar surface area (TPSA) is 102 Å². The van der Waals surface area contributed by atoms with Crippen LogP contribution in [0.5, 0.6) is 11.5 Å². The first-order valence-electron chi connectivity index (χ1n) is 11.5.